The van der Waals surface area contributed by atoms with E-state index in [0.29, 0.717) is 5.56 Å². The van der Waals surface area contributed by atoms with Crippen LogP contribution in [0.25, 0.3) is 64.9 Å². The second-order valence-corrected chi connectivity index (χ2v) is 14.3. The molecule has 0 saturated heterocycles. The maximum atomic E-state index is 13.6. The van der Waals surface area contributed by atoms with Gasteiger partial charge in [-0.1, -0.05) is 112 Å². The molecule has 0 bridgehead atoms. The largest absolute Gasteiger partial charge is 0.512 e. The molecule has 0 aliphatic heterocycles. The van der Waals surface area contributed by atoms with E-state index in [9.17, 15) is 23.1 Å². The van der Waals surface area contributed by atoms with Gasteiger partial charge in [-0.25, -0.2) is 4.98 Å². The molecule has 52 heavy (non-hydrogen) atoms. The number of allylic oxidation sites excluding steroid dienone is 2. The fourth-order valence-corrected chi connectivity index (χ4v) is 7.37. The summed E-state index contributed by atoms with van der Waals surface area (Å²) >= 11 is 0. The maximum absolute atomic E-state index is 13.6. The van der Waals surface area contributed by atoms with Crippen molar-refractivity contribution in [2.24, 2.45) is 17.3 Å². The van der Waals surface area contributed by atoms with Crippen LogP contribution < -0.4 is 0 Å². The van der Waals surface area contributed by atoms with Crippen LogP contribution in [0, 0.1) is 23.3 Å². The van der Waals surface area contributed by atoms with Crippen LogP contribution in [0.1, 0.15) is 72.8 Å². The van der Waals surface area contributed by atoms with E-state index >= 15 is 0 Å². The molecule has 7 rings (SSSR count). The molecule has 0 unspecified atom stereocenters. The molecule has 4 nitrogen and oxygen atoms in total. The summed E-state index contributed by atoms with van der Waals surface area (Å²) in [5.74, 6) is 0.547. The Morgan fingerprint density at radius 1 is 0.769 bits per heavy atom. The predicted molar refractivity (Wildman–Crippen MR) is 204 cm³/mol. The van der Waals surface area contributed by atoms with Crippen molar-refractivity contribution in [1.29, 1.82) is 0 Å². The first-order valence-electron chi connectivity index (χ1n) is 17.9. The summed E-state index contributed by atoms with van der Waals surface area (Å²) in [4.78, 5) is 21.1. The van der Waals surface area contributed by atoms with Gasteiger partial charge in [0.15, 0.2) is 5.78 Å². The monoisotopic (exact) mass is 882 g/mol. The summed E-state index contributed by atoms with van der Waals surface area (Å²) < 4.78 is 40.9. The van der Waals surface area contributed by atoms with Crippen LogP contribution in [0.5, 0.6) is 0 Å². The number of aliphatic hydroxyl groups is 1. The molecule has 273 valence electrons. The molecule has 0 spiro atoms. The zero-order valence-electron chi connectivity index (χ0n) is 30.4. The third-order valence-electron chi connectivity index (χ3n) is 10.6. The van der Waals surface area contributed by atoms with Crippen molar-refractivity contribution in [3.8, 4) is 0 Å². The van der Waals surface area contributed by atoms with E-state index in [-0.39, 0.29) is 49.9 Å². The fourth-order valence-electron chi connectivity index (χ4n) is 7.37. The van der Waals surface area contributed by atoms with E-state index in [1.54, 1.807) is 12.4 Å². The number of carbonyl (C=O) groups is 1. The van der Waals surface area contributed by atoms with Crippen molar-refractivity contribution >= 4 is 70.7 Å². The van der Waals surface area contributed by atoms with Crippen LogP contribution in [-0.2, 0) is 31.3 Å². The number of rotatable bonds is 9. The second kappa shape index (κ2) is 15.5. The number of hydrogen-bond acceptors (Lipinski definition) is 4. The van der Waals surface area contributed by atoms with Gasteiger partial charge in [-0.3, -0.25) is 9.78 Å². The first kappa shape index (κ1) is 39.1. The molecule has 7 aromatic rings. The van der Waals surface area contributed by atoms with Crippen LogP contribution in [0.2, 0.25) is 0 Å². The number of aliphatic hydroxyl groups excluding tert-OH is 1. The van der Waals surface area contributed by atoms with Gasteiger partial charge in [0.1, 0.15) is 6.33 Å². The van der Waals surface area contributed by atoms with Crippen LogP contribution in [0.15, 0.2) is 84.9 Å². The Kier molecular flexibility index (Phi) is 11.6. The van der Waals surface area contributed by atoms with Crippen molar-refractivity contribution in [3.05, 3.63) is 96.5 Å². The smallest absolute Gasteiger partial charge is 0.394 e. The molecule has 1 aromatic heterocycles. The summed E-state index contributed by atoms with van der Waals surface area (Å²) in [6.45, 7) is 10.6. The number of alkyl halides is 3. The number of carbonyl (C=O) groups excluding carboxylic acids is 1. The molecule has 6 aromatic carbocycles. The normalized spacial score (nSPS) is 12.8. The minimum absolute atomic E-state index is 0. The third kappa shape index (κ3) is 7.12. The first-order chi connectivity index (χ1) is 24.3. The van der Waals surface area contributed by atoms with Gasteiger partial charge in [0.05, 0.1) is 16.7 Å². The van der Waals surface area contributed by atoms with Crippen molar-refractivity contribution in [2.45, 2.75) is 79.8 Å². The van der Waals surface area contributed by atoms with Crippen LogP contribution >= 0.6 is 0 Å². The SMILES string of the molecule is CC(C)(Cc1ccc2c(c1)c1cccc3c4cc5ccccc5[c-]c4c4ncnc2c4c31)C(F)(F)F.CCC(CC)C(=O)/C=C(\O)C(CC)CC.[Ir]. The van der Waals surface area contributed by atoms with Gasteiger partial charge < -0.3 is 5.11 Å². The van der Waals surface area contributed by atoms with E-state index in [4.69, 9.17) is 4.98 Å². The summed E-state index contributed by atoms with van der Waals surface area (Å²) in [5.41, 5.74) is 0.481. The maximum Gasteiger partial charge on any atom is 0.394 e. The molecule has 0 aliphatic rings. The number of halogens is 3. The number of aromatic nitrogens is 2. The first-order valence-corrected chi connectivity index (χ1v) is 17.9. The summed E-state index contributed by atoms with van der Waals surface area (Å²) in [5, 5.41) is 19.8. The zero-order valence-corrected chi connectivity index (χ0v) is 32.8. The minimum Gasteiger partial charge on any atom is -0.512 e. The number of ketones is 1. The third-order valence-corrected chi connectivity index (χ3v) is 10.6. The Balaban J connectivity index is 0.000000280. The molecule has 1 radical (unpaired) electrons. The Labute approximate surface area is 316 Å². The molecule has 0 fully saturated rings. The van der Waals surface area contributed by atoms with Crippen molar-refractivity contribution in [2.75, 3.05) is 0 Å². The van der Waals surface area contributed by atoms with Crippen LogP contribution in [-0.4, -0.2) is 27.0 Å². The second-order valence-electron chi connectivity index (χ2n) is 14.3. The minimum atomic E-state index is -4.29. The Hall–Kier alpha value is -4.13. The summed E-state index contributed by atoms with van der Waals surface area (Å²) in [6, 6.07) is 25.7. The molecule has 1 heterocycles. The topological polar surface area (TPSA) is 63.1 Å². The average Bonchev–Trinajstić information content (AvgIpc) is 3.11. The van der Waals surface area contributed by atoms with Gasteiger partial charge >= 0.3 is 6.18 Å². The quantitative estimate of drug-likeness (QED) is 0.0516. The molecule has 0 atom stereocenters. The number of fused-ring (bicyclic) bond motifs is 7. The van der Waals surface area contributed by atoms with Crippen molar-refractivity contribution in [1.82, 2.24) is 9.97 Å². The summed E-state index contributed by atoms with van der Waals surface area (Å²) in [7, 11) is 0. The van der Waals surface area contributed by atoms with Crippen LogP contribution in [0.4, 0.5) is 13.2 Å². The molecule has 0 aliphatic carbocycles. The molecule has 0 amide bonds. The fraction of sp³-hybridized carbons (Fsp3) is 0.341. The van der Waals surface area contributed by atoms with Crippen molar-refractivity contribution < 1.29 is 43.2 Å². The van der Waals surface area contributed by atoms with Gasteiger partial charge in [0.2, 0.25) is 0 Å². The summed E-state index contributed by atoms with van der Waals surface area (Å²) in [6.07, 6.45) is 2.10. The number of nitrogens with zero attached hydrogens (tertiary/aromatic N) is 2. The average molecular weight is 882 g/mol. The van der Waals surface area contributed by atoms with E-state index in [1.165, 1.54) is 19.9 Å². The molecule has 0 saturated carbocycles. The standard InChI is InChI=1S/C31H20F3N2.C13H24O2.Ir/c1-30(2,31(32,33)34)15-17-10-11-22-23(12-17)20-8-5-9-21-24-13-18-6-3-4-7-19(18)14-25(24)29-27(26(20)21)28(22)35-16-36-29;1-5-10(6-2)12(14)9-13(15)11(7-3)8-4;/h3-13,16H,15H2,1-2H3;9-11,14H,5-8H2,1-4H3;/q-1;;/b;12-9-;. The zero-order chi connectivity index (χ0) is 36.7. The van der Waals surface area contributed by atoms with E-state index < -0.39 is 11.6 Å². The molecule has 1 N–H and O–H groups in total. The Bertz CT molecular complexity index is 2410. The van der Waals surface area contributed by atoms with Crippen molar-refractivity contribution in [3.63, 3.8) is 0 Å². The van der Waals surface area contributed by atoms with E-state index in [2.05, 4.69) is 35.3 Å². The predicted octanol–water partition coefficient (Wildman–Crippen LogP) is 12.6. The van der Waals surface area contributed by atoms with Crippen LogP contribution in [0.3, 0.4) is 0 Å². The van der Waals surface area contributed by atoms with E-state index in [1.807, 2.05) is 64.1 Å². The molecule has 8 heteroatoms. The van der Waals surface area contributed by atoms with Gasteiger partial charge in [-0.2, -0.15) is 13.2 Å². The number of benzene rings is 6. The number of hydrogen-bond donors (Lipinski definition) is 1. The Morgan fingerprint density at radius 2 is 1.40 bits per heavy atom. The van der Waals surface area contributed by atoms with E-state index in [0.717, 1.165) is 90.6 Å². The van der Waals surface area contributed by atoms with Gasteiger partial charge in [-0.05, 0) is 59.2 Å². The Morgan fingerprint density at radius 3 is 2.06 bits per heavy atom. The molecular formula is C44H44F3IrN2O2-. The molecular weight excluding hydrogens is 838 g/mol. The van der Waals surface area contributed by atoms with Gasteiger partial charge in [0, 0.05) is 54.3 Å². The van der Waals surface area contributed by atoms with Gasteiger partial charge in [0.25, 0.3) is 0 Å². The van der Waals surface area contributed by atoms with Gasteiger partial charge in [-0.15, -0.1) is 23.6 Å².